The summed E-state index contributed by atoms with van der Waals surface area (Å²) < 4.78 is 0. The van der Waals surface area contributed by atoms with Crippen molar-refractivity contribution in [2.24, 2.45) is 0 Å². The molecule has 2 aromatic carbocycles. The Morgan fingerprint density at radius 3 is 2.21 bits per heavy atom. The number of nitrogens with two attached hydrogens (primary N) is 1. The number of pyridine rings is 2. The number of nitrogen functional groups attached to an aromatic ring is 1. The van der Waals surface area contributed by atoms with Gasteiger partial charge in [-0.2, -0.15) is 0 Å². The third-order valence-electron chi connectivity index (χ3n) is 5.25. The fourth-order valence-corrected chi connectivity index (χ4v) is 3.46. The minimum atomic E-state index is -1.03. The van der Waals surface area contributed by atoms with Gasteiger partial charge in [-0.3, -0.25) is 19.7 Å². The van der Waals surface area contributed by atoms with E-state index in [1.807, 2.05) is 30.3 Å². The van der Waals surface area contributed by atoms with E-state index in [4.69, 9.17) is 5.73 Å². The zero-order valence-electron chi connectivity index (χ0n) is 18.3. The summed E-state index contributed by atoms with van der Waals surface area (Å²) in [7, 11) is 0. The van der Waals surface area contributed by atoms with E-state index in [1.165, 1.54) is 4.90 Å². The van der Waals surface area contributed by atoms with E-state index in [-0.39, 0.29) is 19.0 Å². The highest BCUT2D eigenvalue weighted by Crippen LogP contribution is 2.27. The van der Waals surface area contributed by atoms with Crippen LogP contribution in [0, 0.1) is 0 Å². The van der Waals surface area contributed by atoms with Gasteiger partial charge in [-0.05, 0) is 53.1 Å². The van der Waals surface area contributed by atoms with Gasteiger partial charge in [0.25, 0.3) is 5.91 Å². The predicted molar refractivity (Wildman–Crippen MR) is 130 cm³/mol. The Balaban J connectivity index is 1.44. The summed E-state index contributed by atoms with van der Waals surface area (Å²) in [6.45, 7) is 0.407. The minimum absolute atomic E-state index is 0.187. The Kier molecular flexibility index (Phi) is 6.78. The molecule has 170 valence electrons. The van der Waals surface area contributed by atoms with Crippen LogP contribution in [0.4, 0.5) is 16.2 Å². The quantitative estimate of drug-likeness (QED) is 0.350. The van der Waals surface area contributed by atoms with Gasteiger partial charge in [0.15, 0.2) is 0 Å². The number of aromatic nitrogens is 2. The van der Waals surface area contributed by atoms with Crippen molar-refractivity contribution >= 4 is 23.4 Å². The van der Waals surface area contributed by atoms with Gasteiger partial charge in [0.05, 0.1) is 17.9 Å². The molecule has 4 N–H and O–H groups in total. The van der Waals surface area contributed by atoms with Crippen LogP contribution in [0.15, 0.2) is 91.5 Å². The molecule has 0 fully saturated rings. The molecule has 0 saturated heterocycles. The van der Waals surface area contributed by atoms with Crippen LogP contribution >= 0.6 is 0 Å². The molecular weight excluding hydrogens is 430 g/mol. The van der Waals surface area contributed by atoms with E-state index in [0.29, 0.717) is 16.9 Å². The molecule has 8 heteroatoms. The number of rotatable bonds is 7. The number of nitrogens with one attached hydrogen (secondary N) is 1. The number of anilines is 2. The normalized spacial score (nSPS) is 10.5. The highest BCUT2D eigenvalue weighted by Gasteiger charge is 2.14. The van der Waals surface area contributed by atoms with Gasteiger partial charge in [0.2, 0.25) is 0 Å². The average molecular weight is 454 g/mol. The van der Waals surface area contributed by atoms with E-state index < -0.39 is 6.09 Å². The highest BCUT2D eigenvalue weighted by atomic mass is 16.4. The van der Waals surface area contributed by atoms with Crippen LogP contribution in [0.1, 0.15) is 21.5 Å². The fourth-order valence-electron chi connectivity index (χ4n) is 3.46. The van der Waals surface area contributed by atoms with Crippen molar-refractivity contribution < 1.29 is 14.7 Å². The summed E-state index contributed by atoms with van der Waals surface area (Å²) in [6, 6.07) is 19.6. The predicted octanol–water partition coefficient (Wildman–Crippen LogP) is 4.66. The van der Waals surface area contributed by atoms with Crippen LogP contribution in [0.2, 0.25) is 0 Å². The van der Waals surface area contributed by atoms with Crippen LogP contribution < -0.4 is 11.1 Å². The second-order valence-corrected chi connectivity index (χ2v) is 7.69. The molecule has 0 saturated carbocycles. The first kappa shape index (κ1) is 22.5. The monoisotopic (exact) mass is 453 g/mol. The van der Waals surface area contributed by atoms with Crippen LogP contribution in [-0.2, 0) is 13.1 Å². The molecule has 2 heterocycles. The number of hydrogen-bond acceptors (Lipinski definition) is 5. The van der Waals surface area contributed by atoms with Crippen LogP contribution in [-0.4, -0.2) is 32.0 Å². The molecule has 0 radical (unpaired) electrons. The SMILES string of the molecule is Nc1ccc(-c2cccnc2)cc1NC(=O)c1ccc(CN(Cc2cccnc2)C(=O)O)cc1. The molecule has 2 aromatic heterocycles. The number of nitrogens with zero attached hydrogens (tertiary/aromatic N) is 3. The van der Waals surface area contributed by atoms with Crippen molar-refractivity contribution in [3.8, 4) is 11.1 Å². The first-order chi connectivity index (χ1) is 16.5. The van der Waals surface area contributed by atoms with Gasteiger partial charge in [-0.15, -0.1) is 0 Å². The molecule has 8 nitrogen and oxygen atoms in total. The molecule has 4 rings (SSSR count). The van der Waals surface area contributed by atoms with Crippen LogP contribution in [0.5, 0.6) is 0 Å². The molecule has 2 amide bonds. The summed E-state index contributed by atoms with van der Waals surface area (Å²) in [5, 5.41) is 12.4. The summed E-state index contributed by atoms with van der Waals surface area (Å²) >= 11 is 0. The molecule has 0 aliphatic carbocycles. The van der Waals surface area contributed by atoms with E-state index >= 15 is 0 Å². The first-order valence-electron chi connectivity index (χ1n) is 10.6. The second-order valence-electron chi connectivity index (χ2n) is 7.69. The molecule has 0 unspecified atom stereocenters. The van der Waals surface area contributed by atoms with Gasteiger partial charge >= 0.3 is 6.09 Å². The topological polar surface area (TPSA) is 121 Å². The van der Waals surface area contributed by atoms with Gasteiger partial charge in [0, 0.05) is 42.5 Å². The van der Waals surface area contributed by atoms with Crippen molar-refractivity contribution in [1.82, 2.24) is 14.9 Å². The fraction of sp³-hybridized carbons (Fsp3) is 0.0769. The molecule has 0 aliphatic rings. The summed E-state index contributed by atoms with van der Waals surface area (Å²) in [5.74, 6) is -0.313. The third-order valence-corrected chi connectivity index (χ3v) is 5.25. The van der Waals surface area contributed by atoms with Gasteiger partial charge in [-0.25, -0.2) is 4.79 Å². The van der Waals surface area contributed by atoms with Crippen molar-refractivity contribution in [2.45, 2.75) is 13.1 Å². The van der Waals surface area contributed by atoms with E-state index in [1.54, 1.807) is 61.2 Å². The summed E-state index contributed by atoms with van der Waals surface area (Å²) in [5.41, 5.74) is 10.8. The maximum absolute atomic E-state index is 12.8. The van der Waals surface area contributed by atoms with Crippen molar-refractivity contribution in [1.29, 1.82) is 0 Å². The molecule has 0 aliphatic heterocycles. The van der Waals surface area contributed by atoms with Crippen molar-refractivity contribution in [2.75, 3.05) is 11.1 Å². The number of carbonyl (C=O) groups excluding carboxylic acids is 1. The lowest BCUT2D eigenvalue weighted by molar-refractivity contribution is 0.102. The lowest BCUT2D eigenvalue weighted by Gasteiger charge is -2.19. The molecule has 4 aromatic rings. The molecule has 0 bridgehead atoms. The lowest BCUT2D eigenvalue weighted by atomic mass is 10.1. The van der Waals surface area contributed by atoms with Crippen LogP contribution in [0.3, 0.4) is 0 Å². The summed E-state index contributed by atoms with van der Waals surface area (Å²) in [4.78, 5) is 33.9. The van der Waals surface area contributed by atoms with Gasteiger partial charge in [-0.1, -0.05) is 30.3 Å². The Hall–Kier alpha value is -4.72. The minimum Gasteiger partial charge on any atom is -0.465 e. The maximum Gasteiger partial charge on any atom is 0.407 e. The van der Waals surface area contributed by atoms with E-state index in [9.17, 15) is 14.7 Å². The zero-order valence-corrected chi connectivity index (χ0v) is 18.3. The van der Waals surface area contributed by atoms with Crippen molar-refractivity contribution in [3.05, 3.63) is 108 Å². The third kappa shape index (κ3) is 5.55. The molecule has 0 spiro atoms. The first-order valence-corrected chi connectivity index (χ1v) is 10.6. The highest BCUT2D eigenvalue weighted by molar-refractivity contribution is 6.06. The lowest BCUT2D eigenvalue weighted by Crippen LogP contribution is -2.28. The number of amides is 2. The van der Waals surface area contributed by atoms with Gasteiger partial charge < -0.3 is 16.2 Å². The Morgan fingerprint density at radius 1 is 0.853 bits per heavy atom. The Morgan fingerprint density at radius 2 is 1.56 bits per heavy atom. The Bertz CT molecular complexity index is 1280. The Labute approximate surface area is 196 Å². The number of carboxylic acid groups (broad SMARTS) is 1. The maximum atomic E-state index is 12.8. The number of carbonyl (C=O) groups is 2. The zero-order chi connectivity index (χ0) is 23.9. The largest absolute Gasteiger partial charge is 0.465 e. The van der Waals surface area contributed by atoms with Crippen LogP contribution in [0.25, 0.3) is 11.1 Å². The molecule has 0 atom stereocenters. The van der Waals surface area contributed by atoms with E-state index in [0.717, 1.165) is 22.3 Å². The molecule has 34 heavy (non-hydrogen) atoms. The van der Waals surface area contributed by atoms with Crippen molar-refractivity contribution in [3.63, 3.8) is 0 Å². The van der Waals surface area contributed by atoms with Gasteiger partial charge in [0.1, 0.15) is 0 Å². The smallest absolute Gasteiger partial charge is 0.407 e. The average Bonchev–Trinajstić information content (AvgIpc) is 2.86. The number of hydrogen-bond donors (Lipinski definition) is 3. The van der Waals surface area contributed by atoms with E-state index in [2.05, 4.69) is 15.3 Å². The summed E-state index contributed by atoms with van der Waals surface area (Å²) in [6.07, 6.45) is 5.68. The second kappa shape index (κ2) is 10.3. The standard InChI is InChI=1S/C26H23N5O3/c27-23-10-9-21(22-4-2-12-29-15-22)13-24(23)30-25(32)20-7-5-18(6-8-20)16-31(26(33)34)17-19-3-1-11-28-14-19/h1-15H,16-17,27H2,(H,30,32)(H,33,34). The molecular formula is C26H23N5O3. The number of benzene rings is 2.